The van der Waals surface area contributed by atoms with Crippen LogP contribution < -0.4 is 10.6 Å². The Hall–Kier alpha value is -2.01. The van der Waals surface area contributed by atoms with Gasteiger partial charge in [0.2, 0.25) is 5.95 Å². The van der Waals surface area contributed by atoms with E-state index in [1.165, 1.54) is 11.1 Å². The Kier molecular flexibility index (Phi) is 3.36. The summed E-state index contributed by atoms with van der Waals surface area (Å²) in [6, 6.07) is 8.59. The van der Waals surface area contributed by atoms with E-state index in [0.29, 0.717) is 12.5 Å². The Morgan fingerprint density at radius 1 is 1.20 bits per heavy atom. The smallest absolute Gasteiger partial charge is 0.246 e. The van der Waals surface area contributed by atoms with Gasteiger partial charge in [-0.3, -0.25) is 0 Å². The van der Waals surface area contributed by atoms with E-state index in [4.69, 9.17) is 5.73 Å². The molecule has 2 heterocycles. The second-order valence-corrected chi connectivity index (χ2v) is 5.18. The lowest BCUT2D eigenvalue weighted by molar-refractivity contribution is 0.570. The lowest BCUT2D eigenvalue weighted by atomic mass is 9.93. The number of fused-ring (bicyclic) bond motifs is 1. The fourth-order valence-corrected chi connectivity index (χ4v) is 2.71. The largest absolute Gasteiger partial charge is 0.331 e. The number of hydrogen-bond donors (Lipinski definition) is 1. The van der Waals surface area contributed by atoms with Crippen LogP contribution in [0.1, 0.15) is 28.6 Å². The zero-order valence-electron chi connectivity index (χ0n) is 11.9. The molecule has 0 aliphatic carbocycles. The topological polar surface area (TPSA) is 67.9 Å². The lowest BCUT2D eigenvalue weighted by Gasteiger charge is -2.36. The molecule has 1 unspecified atom stereocenters. The van der Waals surface area contributed by atoms with Crippen molar-refractivity contribution >= 4 is 5.95 Å². The number of benzene rings is 1. The van der Waals surface area contributed by atoms with E-state index < -0.39 is 0 Å². The van der Waals surface area contributed by atoms with Gasteiger partial charge in [-0.05, 0) is 31.4 Å². The number of nitrogens with zero attached hydrogens (tertiary/aromatic N) is 4. The SMILES string of the molecule is Cc1nnc(N2CCc3ccccc3C2CN)nc1C. The average molecular weight is 269 g/mol. The van der Waals surface area contributed by atoms with Gasteiger partial charge >= 0.3 is 0 Å². The van der Waals surface area contributed by atoms with E-state index in [2.05, 4.69) is 44.3 Å². The first kappa shape index (κ1) is 13.0. The molecule has 1 aromatic heterocycles. The minimum atomic E-state index is 0.129. The summed E-state index contributed by atoms with van der Waals surface area (Å²) < 4.78 is 0. The van der Waals surface area contributed by atoms with E-state index in [1.807, 2.05) is 13.8 Å². The molecular weight excluding hydrogens is 250 g/mol. The van der Waals surface area contributed by atoms with Crippen LogP contribution in [-0.2, 0) is 6.42 Å². The van der Waals surface area contributed by atoms with E-state index in [1.54, 1.807) is 0 Å². The third-order valence-corrected chi connectivity index (χ3v) is 3.97. The van der Waals surface area contributed by atoms with Crippen molar-refractivity contribution in [2.75, 3.05) is 18.0 Å². The molecule has 3 rings (SSSR count). The highest BCUT2D eigenvalue weighted by molar-refractivity contribution is 5.44. The second kappa shape index (κ2) is 5.17. The maximum Gasteiger partial charge on any atom is 0.246 e. The Balaban J connectivity index is 2.00. The van der Waals surface area contributed by atoms with Crippen molar-refractivity contribution in [2.24, 2.45) is 5.73 Å². The maximum absolute atomic E-state index is 6.00. The van der Waals surface area contributed by atoms with E-state index >= 15 is 0 Å². The average Bonchev–Trinajstić information content (AvgIpc) is 2.49. The number of aromatic nitrogens is 3. The van der Waals surface area contributed by atoms with Crippen LogP contribution in [0.5, 0.6) is 0 Å². The van der Waals surface area contributed by atoms with E-state index in [9.17, 15) is 0 Å². The summed E-state index contributed by atoms with van der Waals surface area (Å²) in [5.41, 5.74) is 10.4. The lowest BCUT2D eigenvalue weighted by Crippen LogP contribution is -2.40. The van der Waals surface area contributed by atoms with E-state index in [0.717, 1.165) is 24.4 Å². The maximum atomic E-state index is 6.00. The van der Waals surface area contributed by atoms with Crippen LogP contribution >= 0.6 is 0 Å². The van der Waals surface area contributed by atoms with Crippen molar-refractivity contribution in [2.45, 2.75) is 26.3 Å². The number of nitrogens with two attached hydrogens (primary N) is 1. The highest BCUT2D eigenvalue weighted by atomic mass is 15.3. The number of anilines is 1. The summed E-state index contributed by atoms with van der Waals surface area (Å²) in [4.78, 5) is 6.73. The standard InChI is InChI=1S/C15H19N5/c1-10-11(2)18-19-15(17-10)20-8-7-12-5-3-4-6-13(12)14(20)9-16/h3-6,14H,7-9,16H2,1-2H3. The molecule has 1 aliphatic rings. The number of aryl methyl sites for hydroxylation is 2. The Morgan fingerprint density at radius 2 is 2.00 bits per heavy atom. The van der Waals surface area contributed by atoms with Gasteiger partial charge in [-0.1, -0.05) is 24.3 Å². The molecule has 0 amide bonds. The van der Waals surface area contributed by atoms with Crippen molar-refractivity contribution in [1.82, 2.24) is 15.2 Å². The van der Waals surface area contributed by atoms with Gasteiger partial charge in [0.25, 0.3) is 0 Å². The summed E-state index contributed by atoms with van der Waals surface area (Å²) in [5, 5.41) is 8.43. The molecule has 104 valence electrons. The molecule has 1 aliphatic heterocycles. The summed E-state index contributed by atoms with van der Waals surface area (Å²) >= 11 is 0. The number of rotatable bonds is 2. The van der Waals surface area contributed by atoms with Crippen LogP contribution in [0, 0.1) is 13.8 Å². The normalized spacial score (nSPS) is 17.9. The van der Waals surface area contributed by atoms with Crippen LogP contribution in [0.2, 0.25) is 0 Å². The van der Waals surface area contributed by atoms with Gasteiger partial charge in [-0.2, -0.15) is 5.10 Å². The molecule has 2 aromatic rings. The van der Waals surface area contributed by atoms with Crippen LogP contribution in [-0.4, -0.2) is 28.3 Å². The summed E-state index contributed by atoms with van der Waals surface area (Å²) in [6.07, 6.45) is 0.989. The quantitative estimate of drug-likeness (QED) is 0.896. The molecule has 1 aromatic carbocycles. The minimum Gasteiger partial charge on any atom is -0.331 e. The van der Waals surface area contributed by atoms with Gasteiger partial charge < -0.3 is 10.6 Å². The highest BCUT2D eigenvalue weighted by Crippen LogP contribution is 2.31. The zero-order valence-corrected chi connectivity index (χ0v) is 11.9. The minimum absolute atomic E-state index is 0.129. The molecule has 1 atom stereocenters. The van der Waals surface area contributed by atoms with E-state index in [-0.39, 0.29) is 6.04 Å². The zero-order chi connectivity index (χ0) is 14.1. The molecule has 0 spiro atoms. The molecular formula is C15H19N5. The first-order valence-electron chi connectivity index (χ1n) is 6.93. The van der Waals surface area contributed by atoms with Crippen LogP contribution in [0.25, 0.3) is 0 Å². The van der Waals surface area contributed by atoms with Gasteiger partial charge in [0.1, 0.15) is 0 Å². The Labute approximate surface area is 118 Å². The first-order valence-corrected chi connectivity index (χ1v) is 6.93. The summed E-state index contributed by atoms with van der Waals surface area (Å²) in [5.74, 6) is 0.679. The molecule has 0 bridgehead atoms. The first-order chi connectivity index (χ1) is 9.70. The predicted octanol–water partition coefficient (Wildman–Crippen LogP) is 1.55. The third kappa shape index (κ3) is 2.14. The van der Waals surface area contributed by atoms with Gasteiger partial charge in [0.05, 0.1) is 17.4 Å². The molecule has 2 N–H and O–H groups in total. The molecule has 0 radical (unpaired) electrons. The molecule has 20 heavy (non-hydrogen) atoms. The van der Waals surface area contributed by atoms with Gasteiger partial charge in [-0.15, -0.1) is 5.10 Å². The van der Waals surface area contributed by atoms with Crippen molar-refractivity contribution < 1.29 is 0 Å². The van der Waals surface area contributed by atoms with Crippen LogP contribution in [0.3, 0.4) is 0 Å². The van der Waals surface area contributed by atoms with Crippen molar-refractivity contribution in [3.05, 3.63) is 46.8 Å². The molecule has 0 saturated heterocycles. The second-order valence-electron chi connectivity index (χ2n) is 5.18. The fourth-order valence-electron chi connectivity index (χ4n) is 2.71. The molecule has 5 heteroatoms. The molecule has 5 nitrogen and oxygen atoms in total. The monoisotopic (exact) mass is 269 g/mol. The van der Waals surface area contributed by atoms with Crippen molar-refractivity contribution in [3.63, 3.8) is 0 Å². The van der Waals surface area contributed by atoms with Crippen LogP contribution in [0.4, 0.5) is 5.95 Å². The van der Waals surface area contributed by atoms with Crippen LogP contribution in [0.15, 0.2) is 24.3 Å². The summed E-state index contributed by atoms with van der Waals surface area (Å²) in [7, 11) is 0. The van der Waals surface area contributed by atoms with Crippen molar-refractivity contribution in [1.29, 1.82) is 0 Å². The van der Waals surface area contributed by atoms with Gasteiger partial charge in [-0.25, -0.2) is 4.98 Å². The predicted molar refractivity (Wildman–Crippen MR) is 78.6 cm³/mol. The number of hydrogen-bond acceptors (Lipinski definition) is 5. The third-order valence-electron chi connectivity index (χ3n) is 3.97. The molecule has 0 fully saturated rings. The molecule has 0 saturated carbocycles. The van der Waals surface area contributed by atoms with Gasteiger partial charge in [0, 0.05) is 13.1 Å². The van der Waals surface area contributed by atoms with Gasteiger partial charge in [0.15, 0.2) is 0 Å². The fraction of sp³-hybridized carbons (Fsp3) is 0.400. The Morgan fingerprint density at radius 3 is 2.75 bits per heavy atom. The highest BCUT2D eigenvalue weighted by Gasteiger charge is 2.28. The Bertz CT molecular complexity index is 625. The van der Waals surface area contributed by atoms with Crippen molar-refractivity contribution in [3.8, 4) is 0 Å². The summed E-state index contributed by atoms with van der Waals surface area (Å²) in [6.45, 7) is 5.31.